The van der Waals surface area contributed by atoms with Crippen molar-refractivity contribution in [2.75, 3.05) is 11.4 Å². The molecular formula is C14H17NO2. The molecule has 1 heterocycles. The first-order valence-electron chi connectivity index (χ1n) is 6.26. The lowest BCUT2D eigenvalue weighted by Gasteiger charge is -2.30. The summed E-state index contributed by atoms with van der Waals surface area (Å²) < 4.78 is 0. The van der Waals surface area contributed by atoms with E-state index in [1.54, 1.807) is 12.1 Å². The summed E-state index contributed by atoms with van der Waals surface area (Å²) in [6.07, 6.45) is 3.98. The van der Waals surface area contributed by atoms with Gasteiger partial charge in [0, 0.05) is 18.3 Å². The van der Waals surface area contributed by atoms with Gasteiger partial charge in [0.1, 0.15) is 0 Å². The first-order valence-corrected chi connectivity index (χ1v) is 6.26. The van der Waals surface area contributed by atoms with Gasteiger partial charge < -0.3 is 10.0 Å². The minimum absolute atomic E-state index is 0.385. The zero-order valence-corrected chi connectivity index (χ0v) is 10.0. The highest BCUT2D eigenvalue weighted by Gasteiger charge is 2.38. The summed E-state index contributed by atoms with van der Waals surface area (Å²) in [5.74, 6) is 0.0149. The molecule has 3 heteroatoms. The molecule has 0 spiro atoms. The number of carboxylic acids is 1. The highest BCUT2D eigenvalue weighted by atomic mass is 16.4. The average molecular weight is 231 g/mol. The number of piperidine rings is 1. The van der Waals surface area contributed by atoms with Gasteiger partial charge in [-0.1, -0.05) is 0 Å². The van der Waals surface area contributed by atoms with Crippen LogP contribution in [0.3, 0.4) is 0 Å². The number of carbonyl (C=O) groups is 1. The zero-order valence-electron chi connectivity index (χ0n) is 10.0. The summed E-state index contributed by atoms with van der Waals surface area (Å²) in [4.78, 5) is 13.4. The SMILES string of the molecule is Cc1cc(C(=O)O)ccc1N1CC2CCC1C2. The average Bonchev–Trinajstić information content (AvgIpc) is 2.90. The van der Waals surface area contributed by atoms with Crippen molar-refractivity contribution in [2.45, 2.75) is 32.2 Å². The quantitative estimate of drug-likeness (QED) is 0.850. The van der Waals surface area contributed by atoms with E-state index >= 15 is 0 Å². The first-order chi connectivity index (χ1) is 8.15. The van der Waals surface area contributed by atoms with E-state index in [1.165, 1.54) is 24.9 Å². The molecule has 1 aliphatic carbocycles. The minimum atomic E-state index is -0.845. The Balaban J connectivity index is 1.91. The van der Waals surface area contributed by atoms with Crippen LogP contribution in [0.4, 0.5) is 5.69 Å². The number of anilines is 1. The predicted octanol–water partition coefficient (Wildman–Crippen LogP) is 2.68. The molecule has 0 aromatic heterocycles. The van der Waals surface area contributed by atoms with Gasteiger partial charge in [0.2, 0.25) is 0 Å². The molecule has 2 bridgehead atoms. The van der Waals surface area contributed by atoms with E-state index in [9.17, 15) is 4.79 Å². The molecule has 2 atom stereocenters. The monoisotopic (exact) mass is 231 g/mol. The molecule has 1 aromatic rings. The fraction of sp³-hybridized carbons (Fsp3) is 0.500. The van der Waals surface area contributed by atoms with Gasteiger partial charge in [0.05, 0.1) is 5.56 Å². The van der Waals surface area contributed by atoms with E-state index in [-0.39, 0.29) is 0 Å². The number of hydrogen-bond acceptors (Lipinski definition) is 2. The Bertz CT molecular complexity index is 469. The van der Waals surface area contributed by atoms with Crippen molar-refractivity contribution in [3.05, 3.63) is 29.3 Å². The number of hydrogen-bond donors (Lipinski definition) is 1. The van der Waals surface area contributed by atoms with Gasteiger partial charge in [-0.05, 0) is 55.9 Å². The number of benzene rings is 1. The highest BCUT2D eigenvalue weighted by molar-refractivity contribution is 5.88. The van der Waals surface area contributed by atoms with Crippen LogP contribution < -0.4 is 4.90 Å². The van der Waals surface area contributed by atoms with Crippen LogP contribution in [0.5, 0.6) is 0 Å². The van der Waals surface area contributed by atoms with E-state index < -0.39 is 5.97 Å². The zero-order chi connectivity index (χ0) is 12.0. The summed E-state index contributed by atoms with van der Waals surface area (Å²) in [7, 11) is 0. The molecule has 3 nitrogen and oxygen atoms in total. The number of rotatable bonds is 2. The third-order valence-electron chi connectivity index (χ3n) is 4.16. The molecule has 0 amide bonds. The molecule has 2 fully saturated rings. The van der Waals surface area contributed by atoms with Crippen molar-refractivity contribution < 1.29 is 9.90 Å². The molecule has 1 aliphatic heterocycles. The van der Waals surface area contributed by atoms with Gasteiger partial charge in [-0.3, -0.25) is 0 Å². The van der Waals surface area contributed by atoms with Crippen molar-refractivity contribution in [3.8, 4) is 0 Å². The Morgan fingerprint density at radius 1 is 1.41 bits per heavy atom. The van der Waals surface area contributed by atoms with Crippen LogP contribution in [0.25, 0.3) is 0 Å². The van der Waals surface area contributed by atoms with Crippen molar-refractivity contribution in [1.82, 2.24) is 0 Å². The molecule has 17 heavy (non-hydrogen) atoms. The maximum atomic E-state index is 10.9. The van der Waals surface area contributed by atoms with Gasteiger partial charge in [0.25, 0.3) is 0 Å². The molecule has 1 saturated carbocycles. The standard InChI is InChI=1S/C14H17NO2/c1-9-6-11(14(16)17)3-5-13(9)15-8-10-2-4-12(15)7-10/h3,5-6,10,12H,2,4,7-8H2,1H3,(H,16,17). The topological polar surface area (TPSA) is 40.5 Å². The summed E-state index contributed by atoms with van der Waals surface area (Å²) >= 11 is 0. The van der Waals surface area contributed by atoms with Crippen molar-refractivity contribution in [1.29, 1.82) is 0 Å². The van der Waals surface area contributed by atoms with Crippen LogP contribution in [-0.2, 0) is 0 Å². The van der Waals surface area contributed by atoms with E-state index in [1.807, 2.05) is 13.0 Å². The van der Waals surface area contributed by atoms with E-state index in [4.69, 9.17) is 5.11 Å². The molecule has 0 radical (unpaired) electrons. The number of nitrogens with zero attached hydrogens (tertiary/aromatic N) is 1. The second-order valence-corrected chi connectivity index (χ2v) is 5.29. The Morgan fingerprint density at radius 3 is 2.76 bits per heavy atom. The number of aromatic carboxylic acids is 1. The van der Waals surface area contributed by atoms with Crippen molar-refractivity contribution >= 4 is 11.7 Å². The lowest BCUT2D eigenvalue weighted by Crippen LogP contribution is -2.32. The summed E-state index contributed by atoms with van der Waals surface area (Å²) in [5.41, 5.74) is 2.69. The van der Waals surface area contributed by atoms with Crippen LogP contribution in [0.1, 0.15) is 35.2 Å². The van der Waals surface area contributed by atoms with Crippen LogP contribution in [0, 0.1) is 12.8 Å². The lowest BCUT2D eigenvalue weighted by atomic mass is 10.1. The molecule has 2 unspecified atom stereocenters. The lowest BCUT2D eigenvalue weighted by molar-refractivity contribution is 0.0697. The second-order valence-electron chi connectivity index (χ2n) is 5.29. The molecule has 1 aromatic carbocycles. The Kier molecular flexibility index (Phi) is 2.35. The molecule has 90 valence electrons. The van der Waals surface area contributed by atoms with Crippen LogP contribution in [-0.4, -0.2) is 23.7 Å². The molecule has 1 N–H and O–H groups in total. The predicted molar refractivity (Wildman–Crippen MR) is 66.6 cm³/mol. The van der Waals surface area contributed by atoms with E-state index in [0.717, 1.165) is 18.0 Å². The smallest absolute Gasteiger partial charge is 0.335 e. The maximum absolute atomic E-state index is 10.9. The molecular weight excluding hydrogens is 214 g/mol. The summed E-state index contributed by atoms with van der Waals surface area (Å²) in [6, 6.07) is 6.16. The van der Waals surface area contributed by atoms with Gasteiger partial charge in [0.15, 0.2) is 0 Å². The molecule has 2 aliphatic rings. The van der Waals surface area contributed by atoms with E-state index in [2.05, 4.69) is 4.90 Å². The van der Waals surface area contributed by atoms with Crippen LogP contribution in [0.15, 0.2) is 18.2 Å². The van der Waals surface area contributed by atoms with Crippen LogP contribution >= 0.6 is 0 Å². The molecule has 1 saturated heterocycles. The largest absolute Gasteiger partial charge is 0.478 e. The summed E-state index contributed by atoms with van der Waals surface area (Å²) in [6.45, 7) is 3.16. The van der Waals surface area contributed by atoms with Gasteiger partial charge >= 0.3 is 5.97 Å². The Morgan fingerprint density at radius 2 is 2.24 bits per heavy atom. The Hall–Kier alpha value is -1.51. The van der Waals surface area contributed by atoms with Crippen molar-refractivity contribution in [3.63, 3.8) is 0 Å². The fourth-order valence-electron chi connectivity index (χ4n) is 3.33. The third-order valence-corrected chi connectivity index (χ3v) is 4.16. The normalized spacial score (nSPS) is 26.5. The van der Waals surface area contributed by atoms with Gasteiger partial charge in [-0.15, -0.1) is 0 Å². The van der Waals surface area contributed by atoms with Crippen LogP contribution in [0.2, 0.25) is 0 Å². The van der Waals surface area contributed by atoms with E-state index in [0.29, 0.717) is 11.6 Å². The number of carboxylic acid groups (broad SMARTS) is 1. The number of aryl methyl sites for hydroxylation is 1. The Labute approximate surface area is 101 Å². The maximum Gasteiger partial charge on any atom is 0.335 e. The highest BCUT2D eigenvalue weighted by Crippen LogP contribution is 2.41. The number of fused-ring (bicyclic) bond motifs is 2. The summed E-state index contributed by atoms with van der Waals surface area (Å²) in [5, 5.41) is 8.96. The fourth-order valence-corrected chi connectivity index (χ4v) is 3.33. The van der Waals surface area contributed by atoms with Gasteiger partial charge in [-0.2, -0.15) is 0 Å². The first kappa shape index (κ1) is 10.6. The molecule has 3 rings (SSSR count). The second kappa shape index (κ2) is 3.76. The van der Waals surface area contributed by atoms with Crippen molar-refractivity contribution in [2.24, 2.45) is 5.92 Å². The minimum Gasteiger partial charge on any atom is -0.478 e. The third kappa shape index (κ3) is 1.70. The van der Waals surface area contributed by atoms with Gasteiger partial charge in [-0.25, -0.2) is 4.79 Å².